The quantitative estimate of drug-likeness (QED) is 0.159. The lowest BCUT2D eigenvalue weighted by atomic mass is 9.48. The van der Waals surface area contributed by atoms with Gasteiger partial charge in [0.2, 0.25) is 0 Å². The molecule has 8 fully saturated rings. The van der Waals surface area contributed by atoms with Gasteiger partial charge in [-0.15, -0.1) is 11.3 Å². The molecular formula is C42H50N4OS. The second kappa shape index (κ2) is 11.6. The molecule has 8 bridgehead atoms. The summed E-state index contributed by atoms with van der Waals surface area (Å²) < 4.78 is 5.35. The van der Waals surface area contributed by atoms with Crippen molar-refractivity contribution in [3.05, 3.63) is 83.0 Å². The van der Waals surface area contributed by atoms with Crippen LogP contribution in [0.5, 0.6) is 5.75 Å². The predicted molar refractivity (Wildman–Crippen MR) is 194 cm³/mol. The summed E-state index contributed by atoms with van der Waals surface area (Å²) in [6.45, 7) is 1.89. The first kappa shape index (κ1) is 29.9. The molecule has 2 aromatic heterocycles. The minimum Gasteiger partial charge on any atom is -0.497 e. The van der Waals surface area contributed by atoms with Crippen LogP contribution in [0, 0.1) is 35.5 Å². The van der Waals surface area contributed by atoms with Gasteiger partial charge in [0.25, 0.3) is 0 Å². The van der Waals surface area contributed by atoms with E-state index in [0.29, 0.717) is 17.0 Å². The molecule has 2 unspecified atom stereocenters. The summed E-state index contributed by atoms with van der Waals surface area (Å²) >= 11 is 1.93. The Kier molecular flexibility index (Phi) is 7.21. The number of methoxy groups -OCH3 is 1. The third-order valence-electron chi connectivity index (χ3n) is 13.8. The lowest BCUT2D eigenvalue weighted by Gasteiger charge is -2.60. The zero-order chi connectivity index (χ0) is 31.9. The number of hydrogen-bond acceptors (Lipinski definition) is 5. The number of aromatic amines is 1. The standard InChI is InChI=1S/C42H50N4OS/c1-47-36-8-6-30(7-9-36)38-11-10-37(48-38)25-45-42-20-29-15-33(21-42)39(34(16-29)22-42)31-2-4-32(5-3-31)40-43-23-35(46-40)24-44-41-17-26-12-27(18-41)14-28(13-26)19-41/h2-11,23,26-29,33-34,39,44-45H,12-22,24-25H2,1H3,(H,43,46). The van der Waals surface area contributed by atoms with E-state index in [0.717, 1.165) is 60.2 Å². The van der Waals surface area contributed by atoms with Gasteiger partial charge in [0.05, 0.1) is 7.11 Å². The summed E-state index contributed by atoms with van der Waals surface area (Å²) in [5.41, 5.74) is 5.97. The van der Waals surface area contributed by atoms with Crippen molar-refractivity contribution in [2.24, 2.45) is 35.5 Å². The Morgan fingerprint density at radius 3 is 1.98 bits per heavy atom. The number of nitrogens with one attached hydrogen (secondary N) is 3. The Hall–Kier alpha value is -2.93. The molecular weight excluding hydrogens is 609 g/mol. The summed E-state index contributed by atoms with van der Waals surface area (Å²) in [6, 6.07) is 22.6. The molecule has 12 rings (SSSR count). The Morgan fingerprint density at radius 1 is 0.708 bits per heavy atom. The summed E-state index contributed by atoms with van der Waals surface area (Å²) in [6.07, 6.45) is 17.5. The molecule has 8 aliphatic carbocycles. The second-order valence-corrected chi connectivity index (χ2v) is 18.2. The number of H-pyrrole nitrogens is 1. The van der Waals surface area contributed by atoms with Crippen LogP contribution in [0.2, 0.25) is 0 Å². The van der Waals surface area contributed by atoms with E-state index in [-0.39, 0.29) is 0 Å². The maximum atomic E-state index is 5.35. The third kappa shape index (κ3) is 5.38. The average Bonchev–Trinajstić information content (AvgIpc) is 3.77. The smallest absolute Gasteiger partial charge is 0.137 e. The first-order valence-corrected chi connectivity index (χ1v) is 19.7. The van der Waals surface area contributed by atoms with Gasteiger partial charge in [0.15, 0.2) is 0 Å². The number of aromatic nitrogens is 2. The molecule has 0 amide bonds. The van der Waals surface area contributed by atoms with Gasteiger partial charge < -0.3 is 20.4 Å². The molecule has 3 N–H and O–H groups in total. The van der Waals surface area contributed by atoms with E-state index in [1.165, 1.54) is 97.2 Å². The topological polar surface area (TPSA) is 62.0 Å². The third-order valence-corrected chi connectivity index (χ3v) is 15.0. The van der Waals surface area contributed by atoms with Crippen LogP contribution in [0.4, 0.5) is 0 Å². The van der Waals surface area contributed by atoms with E-state index < -0.39 is 0 Å². The Bertz CT molecular complexity index is 1720. The van der Waals surface area contributed by atoms with Crippen molar-refractivity contribution in [3.8, 4) is 27.6 Å². The summed E-state index contributed by atoms with van der Waals surface area (Å²) in [7, 11) is 1.73. The van der Waals surface area contributed by atoms with E-state index in [9.17, 15) is 0 Å². The van der Waals surface area contributed by atoms with Crippen molar-refractivity contribution < 1.29 is 4.74 Å². The largest absolute Gasteiger partial charge is 0.497 e. The van der Waals surface area contributed by atoms with Crippen molar-refractivity contribution in [2.75, 3.05) is 7.11 Å². The van der Waals surface area contributed by atoms with Crippen molar-refractivity contribution in [2.45, 2.75) is 101 Å². The van der Waals surface area contributed by atoms with Crippen LogP contribution < -0.4 is 15.4 Å². The van der Waals surface area contributed by atoms with Crippen LogP contribution in [-0.4, -0.2) is 28.2 Å². The predicted octanol–water partition coefficient (Wildman–Crippen LogP) is 9.32. The van der Waals surface area contributed by atoms with E-state index in [1.807, 2.05) is 11.3 Å². The van der Waals surface area contributed by atoms with E-state index >= 15 is 0 Å². The summed E-state index contributed by atoms with van der Waals surface area (Å²) in [5.74, 6) is 8.02. The molecule has 2 atom stereocenters. The number of ether oxygens (including phenoxy) is 1. The van der Waals surface area contributed by atoms with Crippen LogP contribution in [0.15, 0.2) is 66.9 Å². The molecule has 8 saturated carbocycles. The number of hydrogen-bond donors (Lipinski definition) is 3. The van der Waals surface area contributed by atoms with Gasteiger partial charge in [0.1, 0.15) is 11.6 Å². The minimum absolute atomic E-state index is 0.311. The van der Waals surface area contributed by atoms with Crippen LogP contribution in [0.25, 0.3) is 21.8 Å². The van der Waals surface area contributed by atoms with Gasteiger partial charge >= 0.3 is 0 Å². The normalized spacial score (nSPS) is 35.8. The van der Waals surface area contributed by atoms with Crippen LogP contribution >= 0.6 is 11.3 Å². The molecule has 0 saturated heterocycles. The first-order valence-electron chi connectivity index (χ1n) is 18.9. The van der Waals surface area contributed by atoms with Crippen molar-refractivity contribution in [1.29, 1.82) is 0 Å². The van der Waals surface area contributed by atoms with Gasteiger partial charge in [-0.25, -0.2) is 4.98 Å². The molecule has 0 spiro atoms. The molecule has 2 heterocycles. The summed E-state index contributed by atoms with van der Waals surface area (Å²) in [4.78, 5) is 11.3. The van der Waals surface area contributed by atoms with Gasteiger partial charge in [-0.1, -0.05) is 24.3 Å². The molecule has 5 nitrogen and oxygen atoms in total. The van der Waals surface area contributed by atoms with E-state index in [2.05, 4.69) is 82.5 Å². The van der Waals surface area contributed by atoms with Crippen LogP contribution in [0.1, 0.15) is 92.7 Å². The highest BCUT2D eigenvalue weighted by atomic mass is 32.1. The molecule has 48 heavy (non-hydrogen) atoms. The van der Waals surface area contributed by atoms with Gasteiger partial charge in [-0.3, -0.25) is 0 Å². The molecule has 0 aliphatic heterocycles. The fourth-order valence-electron chi connectivity index (χ4n) is 12.5. The number of imidazole rings is 1. The average molecular weight is 659 g/mol. The zero-order valence-electron chi connectivity index (χ0n) is 28.3. The number of benzene rings is 2. The molecule has 6 heteroatoms. The van der Waals surface area contributed by atoms with Gasteiger partial charge in [-0.2, -0.15) is 0 Å². The van der Waals surface area contributed by atoms with Gasteiger partial charge in [0, 0.05) is 51.4 Å². The zero-order valence-corrected chi connectivity index (χ0v) is 29.2. The number of rotatable bonds is 10. The van der Waals surface area contributed by atoms with Crippen LogP contribution in [-0.2, 0) is 13.1 Å². The van der Waals surface area contributed by atoms with Crippen molar-refractivity contribution >= 4 is 11.3 Å². The Morgan fingerprint density at radius 2 is 1.31 bits per heavy atom. The Balaban J connectivity index is 0.778. The lowest BCUT2D eigenvalue weighted by molar-refractivity contribution is -0.0390. The number of thiophene rings is 1. The van der Waals surface area contributed by atoms with Gasteiger partial charge in [-0.05, 0) is 160 Å². The van der Waals surface area contributed by atoms with Crippen LogP contribution in [0.3, 0.4) is 0 Å². The fourth-order valence-corrected chi connectivity index (χ4v) is 13.5. The molecule has 2 aromatic carbocycles. The van der Waals surface area contributed by atoms with E-state index in [1.54, 1.807) is 12.7 Å². The van der Waals surface area contributed by atoms with Crippen molar-refractivity contribution in [1.82, 2.24) is 20.6 Å². The SMILES string of the molecule is COc1ccc(-c2ccc(CNC34CC5CC(C3)C(c3ccc(-c6ncc(CNC78CC9CC(CC(C9)C7)C8)[nH]6)cc3)C(C5)C4)s2)cc1. The first-order chi connectivity index (χ1) is 23.5. The lowest BCUT2D eigenvalue weighted by Crippen LogP contribution is -2.60. The second-order valence-electron chi connectivity index (χ2n) is 17.1. The molecule has 250 valence electrons. The highest BCUT2D eigenvalue weighted by Crippen LogP contribution is 2.61. The van der Waals surface area contributed by atoms with E-state index in [4.69, 9.17) is 9.72 Å². The summed E-state index contributed by atoms with van der Waals surface area (Å²) in [5, 5.41) is 8.19. The molecule has 0 radical (unpaired) electrons. The minimum atomic E-state index is 0.311. The maximum absolute atomic E-state index is 5.35. The highest BCUT2D eigenvalue weighted by molar-refractivity contribution is 7.15. The monoisotopic (exact) mass is 658 g/mol. The Labute approximate surface area is 289 Å². The van der Waals surface area contributed by atoms with Crippen molar-refractivity contribution in [3.63, 3.8) is 0 Å². The molecule has 8 aliphatic rings. The fraction of sp³-hybridized carbons (Fsp3) is 0.548. The highest BCUT2D eigenvalue weighted by Gasteiger charge is 2.55. The number of nitrogens with zero attached hydrogens (tertiary/aromatic N) is 1. The maximum Gasteiger partial charge on any atom is 0.137 e. The molecule has 4 aromatic rings.